The molecule has 0 aromatic heterocycles. The molecule has 1 aromatic rings. The molecular formula is C11H12Br2F3N. The van der Waals surface area contributed by atoms with Gasteiger partial charge in [0.25, 0.3) is 0 Å². The number of hydrogen-bond donors (Lipinski definition) is 0. The van der Waals surface area contributed by atoms with Crippen molar-refractivity contribution in [2.45, 2.75) is 13.1 Å². The molecular weight excluding hydrogens is 363 g/mol. The summed E-state index contributed by atoms with van der Waals surface area (Å²) < 4.78 is 37.9. The van der Waals surface area contributed by atoms with Crippen LogP contribution in [0.5, 0.6) is 0 Å². The number of halogens is 5. The van der Waals surface area contributed by atoms with Crippen molar-refractivity contribution in [3.05, 3.63) is 28.2 Å². The maximum atomic E-state index is 12.5. The van der Waals surface area contributed by atoms with Gasteiger partial charge in [0.05, 0.1) is 11.3 Å². The van der Waals surface area contributed by atoms with Crippen molar-refractivity contribution in [2.24, 2.45) is 0 Å². The van der Waals surface area contributed by atoms with Gasteiger partial charge in [-0.2, -0.15) is 13.2 Å². The molecule has 0 spiro atoms. The van der Waals surface area contributed by atoms with Crippen molar-refractivity contribution in [1.82, 2.24) is 0 Å². The van der Waals surface area contributed by atoms with Crippen LogP contribution in [0.2, 0.25) is 0 Å². The van der Waals surface area contributed by atoms with E-state index in [0.29, 0.717) is 4.47 Å². The molecule has 0 heterocycles. The molecule has 1 nitrogen and oxygen atoms in total. The van der Waals surface area contributed by atoms with Crippen LogP contribution in [0.1, 0.15) is 12.5 Å². The van der Waals surface area contributed by atoms with Gasteiger partial charge in [-0.15, -0.1) is 0 Å². The van der Waals surface area contributed by atoms with E-state index in [-0.39, 0.29) is 0 Å². The van der Waals surface area contributed by atoms with Crippen LogP contribution in [0.3, 0.4) is 0 Å². The van der Waals surface area contributed by atoms with E-state index >= 15 is 0 Å². The Morgan fingerprint density at radius 2 is 1.94 bits per heavy atom. The molecule has 0 saturated carbocycles. The van der Waals surface area contributed by atoms with Crippen molar-refractivity contribution < 1.29 is 13.2 Å². The van der Waals surface area contributed by atoms with Crippen molar-refractivity contribution in [3.8, 4) is 0 Å². The number of rotatable bonds is 4. The lowest BCUT2D eigenvalue weighted by atomic mass is 10.2. The van der Waals surface area contributed by atoms with E-state index in [1.165, 1.54) is 6.07 Å². The fourth-order valence-corrected chi connectivity index (χ4v) is 2.55. The molecule has 17 heavy (non-hydrogen) atoms. The normalized spacial score (nSPS) is 11.6. The Balaban J connectivity index is 3.04. The van der Waals surface area contributed by atoms with Gasteiger partial charge < -0.3 is 4.90 Å². The molecule has 0 aliphatic rings. The maximum Gasteiger partial charge on any atom is 0.416 e. The maximum absolute atomic E-state index is 12.5. The summed E-state index contributed by atoms with van der Waals surface area (Å²) in [5, 5.41) is 0.772. The molecule has 0 unspecified atom stereocenters. The first kappa shape index (κ1) is 14.8. The molecule has 0 aliphatic heterocycles. The van der Waals surface area contributed by atoms with Gasteiger partial charge in [-0.1, -0.05) is 15.9 Å². The smallest absolute Gasteiger partial charge is 0.370 e. The van der Waals surface area contributed by atoms with Crippen LogP contribution in [0, 0.1) is 0 Å². The molecule has 0 N–H and O–H groups in total. The van der Waals surface area contributed by atoms with E-state index in [2.05, 4.69) is 31.9 Å². The highest BCUT2D eigenvalue weighted by atomic mass is 79.9. The van der Waals surface area contributed by atoms with E-state index in [1.807, 2.05) is 11.8 Å². The predicted octanol–water partition coefficient (Wildman–Crippen LogP) is 4.69. The zero-order valence-electron chi connectivity index (χ0n) is 9.19. The van der Waals surface area contributed by atoms with Crippen LogP contribution < -0.4 is 4.90 Å². The van der Waals surface area contributed by atoms with Crippen molar-refractivity contribution in [1.29, 1.82) is 0 Å². The van der Waals surface area contributed by atoms with Crippen LogP contribution in [0.25, 0.3) is 0 Å². The molecule has 0 atom stereocenters. The first-order valence-electron chi connectivity index (χ1n) is 5.07. The topological polar surface area (TPSA) is 3.24 Å². The van der Waals surface area contributed by atoms with Crippen molar-refractivity contribution in [2.75, 3.05) is 23.3 Å². The zero-order valence-corrected chi connectivity index (χ0v) is 12.4. The van der Waals surface area contributed by atoms with Crippen molar-refractivity contribution in [3.63, 3.8) is 0 Å². The summed E-state index contributed by atoms with van der Waals surface area (Å²) in [6.07, 6.45) is -4.30. The summed E-state index contributed by atoms with van der Waals surface area (Å²) in [6, 6.07) is 3.72. The van der Waals surface area contributed by atoms with Crippen molar-refractivity contribution >= 4 is 37.5 Å². The van der Waals surface area contributed by atoms with E-state index in [4.69, 9.17) is 0 Å². The highest BCUT2D eigenvalue weighted by molar-refractivity contribution is 9.10. The summed E-state index contributed by atoms with van der Waals surface area (Å²) in [6.45, 7) is 3.46. The van der Waals surface area contributed by atoms with Gasteiger partial charge in [-0.3, -0.25) is 0 Å². The lowest BCUT2D eigenvalue weighted by Crippen LogP contribution is -2.25. The highest BCUT2D eigenvalue weighted by Gasteiger charge is 2.31. The zero-order chi connectivity index (χ0) is 13.1. The predicted molar refractivity (Wildman–Crippen MR) is 70.8 cm³/mol. The largest absolute Gasteiger partial charge is 0.416 e. The van der Waals surface area contributed by atoms with E-state index in [0.717, 1.165) is 36.2 Å². The minimum Gasteiger partial charge on any atom is -0.370 e. The quantitative estimate of drug-likeness (QED) is 0.691. The molecule has 0 amide bonds. The Morgan fingerprint density at radius 1 is 1.29 bits per heavy atom. The number of anilines is 1. The third-order valence-electron chi connectivity index (χ3n) is 2.35. The summed E-state index contributed by atoms with van der Waals surface area (Å²) in [5.74, 6) is 0. The average molecular weight is 375 g/mol. The SMILES string of the molecule is CCN(CCBr)c1ccc(C(F)(F)F)cc1Br. The van der Waals surface area contributed by atoms with Gasteiger partial charge in [0.15, 0.2) is 0 Å². The molecule has 96 valence electrons. The van der Waals surface area contributed by atoms with Gasteiger partial charge in [0.1, 0.15) is 0 Å². The Hall–Kier alpha value is -0.230. The molecule has 0 saturated heterocycles. The third kappa shape index (κ3) is 3.88. The molecule has 6 heteroatoms. The number of alkyl halides is 4. The van der Waals surface area contributed by atoms with E-state index in [1.54, 1.807) is 0 Å². The summed E-state index contributed by atoms with van der Waals surface area (Å²) in [5.41, 5.74) is 0.142. The Kier molecular flexibility index (Phi) is 5.31. The third-order valence-corrected chi connectivity index (χ3v) is 3.34. The van der Waals surface area contributed by atoms with Gasteiger partial charge in [-0.05, 0) is 41.1 Å². The van der Waals surface area contributed by atoms with Gasteiger partial charge in [0, 0.05) is 22.9 Å². The van der Waals surface area contributed by atoms with Crippen LogP contribution in [0.15, 0.2) is 22.7 Å². The minimum atomic E-state index is -4.30. The van der Waals surface area contributed by atoms with Gasteiger partial charge in [-0.25, -0.2) is 0 Å². The fraction of sp³-hybridized carbons (Fsp3) is 0.455. The second kappa shape index (κ2) is 6.09. The summed E-state index contributed by atoms with van der Waals surface area (Å²) >= 11 is 6.52. The molecule has 0 bridgehead atoms. The summed E-state index contributed by atoms with van der Waals surface area (Å²) in [7, 11) is 0. The highest BCUT2D eigenvalue weighted by Crippen LogP contribution is 2.35. The standard InChI is InChI=1S/C11H12Br2F3N/c1-2-17(6-5-12)10-4-3-8(7-9(10)13)11(14,15)16/h3-4,7H,2,5-6H2,1H3. The second-order valence-electron chi connectivity index (χ2n) is 3.43. The first-order valence-corrected chi connectivity index (χ1v) is 6.99. The second-order valence-corrected chi connectivity index (χ2v) is 5.08. The average Bonchev–Trinajstić information content (AvgIpc) is 2.25. The molecule has 1 rings (SSSR count). The molecule has 0 aliphatic carbocycles. The minimum absolute atomic E-state index is 0.468. The lowest BCUT2D eigenvalue weighted by molar-refractivity contribution is -0.137. The van der Waals surface area contributed by atoms with E-state index < -0.39 is 11.7 Å². The first-order chi connectivity index (χ1) is 7.90. The fourth-order valence-electron chi connectivity index (χ4n) is 1.49. The van der Waals surface area contributed by atoms with Crippen LogP contribution in [-0.4, -0.2) is 18.4 Å². The van der Waals surface area contributed by atoms with Gasteiger partial charge in [0.2, 0.25) is 0 Å². The molecule has 0 radical (unpaired) electrons. The van der Waals surface area contributed by atoms with Crippen LogP contribution in [-0.2, 0) is 6.18 Å². The number of nitrogens with zero attached hydrogens (tertiary/aromatic N) is 1. The molecule has 0 fully saturated rings. The Bertz CT molecular complexity index is 379. The Labute approximate surface area is 115 Å². The monoisotopic (exact) mass is 373 g/mol. The van der Waals surface area contributed by atoms with Crippen LogP contribution >= 0.6 is 31.9 Å². The Morgan fingerprint density at radius 3 is 2.35 bits per heavy atom. The number of hydrogen-bond acceptors (Lipinski definition) is 1. The summed E-state index contributed by atoms with van der Waals surface area (Å²) in [4.78, 5) is 2.00. The number of benzene rings is 1. The molecule has 1 aromatic carbocycles. The lowest BCUT2D eigenvalue weighted by Gasteiger charge is -2.24. The van der Waals surface area contributed by atoms with Gasteiger partial charge >= 0.3 is 6.18 Å². The van der Waals surface area contributed by atoms with Crippen LogP contribution in [0.4, 0.5) is 18.9 Å². The van der Waals surface area contributed by atoms with E-state index in [9.17, 15) is 13.2 Å².